The summed E-state index contributed by atoms with van der Waals surface area (Å²) in [5.74, 6) is -1.53. The summed E-state index contributed by atoms with van der Waals surface area (Å²) in [6.45, 7) is 12.3. The summed E-state index contributed by atoms with van der Waals surface area (Å²) >= 11 is 0. The Morgan fingerprint density at radius 2 is 1.82 bits per heavy atom. The van der Waals surface area contributed by atoms with Crippen LogP contribution in [0.25, 0.3) is 0 Å². The van der Waals surface area contributed by atoms with E-state index in [1.54, 1.807) is 54.4 Å². The molecule has 2 aromatic rings. The molecule has 6 unspecified atom stereocenters. The predicted octanol–water partition coefficient (Wildman–Crippen LogP) is 6.87. The van der Waals surface area contributed by atoms with E-state index in [-0.39, 0.29) is 49.9 Å². The van der Waals surface area contributed by atoms with Gasteiger partial charge in [0.1, 0.15) is 23.1 Å². The Morgan fingerprint density at radius 3 is 2.45 bits per heavy atom. The molecule has 0 saturated heterocycles. The number of fused-ring (bicyclic) bond motifs is 2. The van der Waals surface area contributed by atoms with Gasteiger partial charge in [-0.05, 0) is 113 Å². The Morgan fingerprint density at radius 1 is 1.11 bits per heavy atom. The normalized spacial score (nSPS) is 24.7. The second kappa shape index (κ2) is 18.3. The molecule has 1 fully saturated rings. The molecule has 2 aromatic carbocycles. The van der Waals surface area contributed by atoms with Gasteiger partial charge in [0.25, 0.3) is 5.91 Å². The molecule has 3 N–H and O–H groups in total. The van der Waals surface area contributed by atoms with Gasteiger partial charge in [-0.25, -0.2) is 4.79 Å². The van der Waals surface area contributed by atoms with Gasteiger partial charge in [-0.3, -0.25) is 4.79 Å². The number of carbonyl (C=O) groups excluding carboxylic acids is 2. The quantitative estimate of drug-likeness (QED) is 0.0943. The number of ether oxygens (including phenoxy) is 3. The largest absolute Gasteiger partial charge is 0.459 e. The summed E-state index contributed by atoms with van der Waals surface area (Å²) in [4.78, 5) is 34.8. The molecule has 0 aromatic heterocycles. The molecule has 1 heterocycles. The van der Waals surface area contributed by atoms with Crippen LogP contribution in [0.4, 0.5) is 4.79 Å². The van der Waals surface area contributed by atoms with Crippen molar-refractivity contribution in [1.82, 2.24) is 10.2 Å². The SMILES string of the molecule is C=CCOC12Oc3ccc(OC(=O)NCC)cc3C3C(CCCCO)C(CCCCO)C=C(C(=NOC(C)(C)C)CC1N(C)C(=O)c1ccc(C#N)cc1)C32. The van der Waals surface area contributed by atoms with Crippen molar-refractivity contribution >= 4 is 17.7 Å². The van der Waals surface area contributed by atoms with Gasteiger partial charge < -0.3 is 39.5 Å². The van der Waals surface area contributed by atoms with E-state index in [0.29, 0.717) is 47.7 Å². The number of carbonyl (C=O) groups is 2. The highest BCUT2D eigenvalue weighted by Gasteiger charge is 2.65. The number of aliphatic hydroxyl groups is 2. The minimum absolute atomic E-state index is 0.0103. The Kier molecular flexibility index (Phi) is 13.8. The summed E-state index contributed by atoms with van der Waals surface area (Å²) in [6.07, 6.45) is 8.05. The zero-order chi connectivity index (χ0) is 39.8. The number of oxime groups is 1. The summed E-state index contributed by atoms with van der Waals surface area (Å²) in [6, 6.07) is 13.3. The van der Waals surface area contributed by atoms with Crippen LogP contribution in [-0.2, 0) is 9.57 Å². The van der Waals surface area contributed by atoms with E-state index in [4.69, 9.17) is 24.2 Å². The number of nitrogens with zero attached hydrogens (tertiary/aromatic N) is 3. The van der Waals surface area contributed by atoms with Gasteiger partial charge >= 0.3 is 6.09 Å². The molecule has 6 atom stereocenters. The third-order valence-electron chi connectivity index (χ3n) is 10.7. The Balaban J connectivity index is 1.77. The molecule has 3 aliphatic rings. The summed E-state index contributed by atoms with van der Waals surface area (Å²) < 4.78 is 19.8. The lowest BCUT2D eigenvalue weighted by molar-refractivity contribution is -0.252. The van der Waals surface area contributed by atoms with Gasteiger partial charge in [0, 0.05) is 50.3 Å². The number of hydrogen-bond acceptors (Lipinski definition) is 10. The number of nitriles is 1. The molecule has 12 heteroatoms. The Bertz CT molecular complexity index is 1780. The van der Waals surface area contributed by atoms with Crippen molar-refractivity contribution in [3.63, 3.8) is 0 Å². The maximum atomic E-state index is 14.4. The van der Waals surface area contributed by atoms with E-state index in [9.17, 15) is 25.1 Å². The number of benzene rings is 2. The Labute approximate surface area is 324 Å². The van der Waals surface area contributed by atoms with Crippen molar-refractivity contribution in [2.75, 3.05) is 33.4 Å². The fraction of sp³-hybridized carbons (Fsp3) is 0.535. The molecular formula is C43H56N4O8. The third kappa shape index (κ3) is 9.23. The zero-order valence-electron chi connectivity index (χ0n) is 32.8. The summed E-state index contributed by atoms with van der Waals surface area (Å²) in [5, 5.41) is 36.5. The van der Waals surface area contributed by atoms with Gasteiger partial charge in [-0.1, -0.05) is 30.1 Å². The second-order valence-corrected chi connectivity index (χ2v) is 15.5. The van der Waals surface area contributed by atoms with Crippen LogP contribution in [-0.4, -0.2) is 83.7 Å². The van der Waals surface area contributed by atoms with Crippen molar-refractivity contribution in [2.24, 2.45) is 22.9 Å². The third-order valence-corrected chi connectivity index (χ3v) is 10.7. The van der Waals surface area contributed by atoms with E-state index in [2.05, 4.69) is 24.0 Å². The van der Waals surface area contributed by atoms with Crippen LogP contribution >= 0.6 is 0 Å². The van der Waals surface area contributed by atoms with E-state index < -0.39 is 29.4 Å². The molecule has 0 radical (unpaired) electrons. The van der Waals surface area contributed by atoms with Crippen molar-refractivity contribution in [3.8, 4) is 17.6 Å². The van der Waals surface area contributed by atoms with Gasteiger partial charge in [-0.15, -0.1) is 6.58 Å². The second-order valence-electron chi connectivity index (χ2n) is 15.5. The van der Waals surface area contributed by atoms with Crippen LogP contribution in [0.3, 0.4) is 0 Å². The molecule has 296 valence electrons. The number of rotatable bonds is 16. The van der Waals surface area contributed by atoms with Crippen molar-refractivity contribution in [3.05, 3.63) is 83.5 Å². The molecule has 5 rings (SSSR count). The average molecular weight is 757 g/mol. The van der Waals surface area contributed by atoms with Gasteiger partial charge in [0.05, 0.1) is 29.9 Å². The lowest BCUT2D eigenvalue weighted by atomic mass is 9.55. The molecule has 12 nitrogen and oxygen atoms in total. The highest BCUT2D eigenvalue weighted by molar-refractivity contribution is 6.03. The predicted molar refractivity (Wildman–Crippen MR) is 209 cm³/mol. The van der Waals surface area contributed by atoms with Crippen LogP contribution in [0.2, 0.25) is 0 Å². The van der Waals surface area contributed by atoms with Crippen LogP contribution in [0.5, 0.6) is 11.5 Å². The molecule has 1 aliphatic heterocycles. The van der Waals surface area contributed by atoms with Crippen LogP contribution in [0, 0.1) is 29.1 Å². The lowest BCUT2D eigenvalue weighted by Crippen LogP contribution is -2.69. The van der Waals surface area contributed by atoms with Crippen molar-refractivity contribution < 1.29 is 38.9 Å². The minimum Gasteiger partial charge on any atom is -0.459 e. The number of hydrogen-bond donors (Lipinski definition) is 3. The number of likely N-dealkylation sites (N-methyl/N-ethyl adjacent to an activating group) is 1. The van der Waals surface area contributed by atoms with E-state index in [0.717, 1.165) is 36.8 Å². The number of unbranched alkanes of at least 4 members (excludes halogenated alkanes) is 2. The van der Waals surface area contributed by atoms with E-state index in [1.807, 2.05) is 33.8 Å². The highest BCUT2D eigenvalue weighted by atomic mass is 16.7. The van der Waals surface area contributed by atoms with E-state index in [1.165, 1.54) is 0 Å². The van der Waals surface area contributed by atoms with Gasteiger partial charge in [-0.2, -0.15) is 5.26 Å². The average Bonchev–Trinajstić information content (AvgIpc) is 3.17. The van der Waals surface area contributed by atoms with Crippen molar-refractivity contribution in [1.29, 1.82) is 5.26 Å². The highest BCUT2D eigenvalue weighted by Crippen LogP contribution is 2.62. The standard InChI is InChI=1S/C43H56N4O8/c1-7-23-52-43-37(47(6)40(50)29-17-15-28(27-44)16-18-29)26-35(46-55-42(3,4)5)33-24-30(13-9-11-21-48)32(14-10-12-22-49)38(39(33)43)34-25-31(19-20-36(34)54-43)53-41(51)45-8-2/h7,15-20,24-25,30,32,37-39,48-49H,1,8-14,21-23,26H2,2-6H3,(H,45,51). The topological polar surface area (TPSA) is 163 Å². The van der Waals surface area contributed by atoms with Crippen molar-refractivity contribution in [2.45, 2.75) is 96.0 Å². The van der Waals surface area contributed by atoms with Crippen LogP contribution in [0.15, 0.2) is 71.9 Å². The van der Waals surface area contributed by atoms with Gasteiger partial charge in [0.15, 0.2) is 0 Å². The molecule has 55 heavy (non-hydrogen) atoms. The maximum Gasteiger partial charge on any atom is 0.412 e. The lowest BCUT2D eigenvalue weighted by Gasteiger charge is -2.59. The fourth-order valence-corrected chi connectivity index (χ4v) is 8.30. The van der Waals surface area contributed by atoms with Crippen LogP contribution in [0.1, 0.15) is 100 Å². The maximum absolute atomic E-state index is 14.4. The molecular weight excluding hydrogens is 700 g/mol. The monoisotopic (exact) mass is 756 g/mol. The van der Waals surface area contributed by atoms with Gasteiger partial charge in [0.2, 0.25) is 5.79 Å². The van der Waals surface area contributed by atoms with Crippen LogP contribution < -0.4 is 14.8 Å². The molecule has 1 saturated carbocycles. The molecule has 2 aliphatic carbocycles. The summed E-state index contributed by atoms with van der Waals surface area (Å²) in [7, 11) is 1.73. The minimum atomic E-state index is -1.43. The number of nitrogens with one attached hydrogen (secondary N) is 1. The molecule has 0 bridgehead atoms. The number of amides is 2. The first kappa shape index (κ1) is 41.5. The molecule has 2 amide bonds. The first-order valence-electron chi connectivity index (χ1n) is 19.4. The molecule has 0 spiro atoms. The fourth-order valence-electron chi connectivity index (χ4n) is 8.30. The first-order chi connectivity index (χ1) is 26.4. The zero-order valence-corrected chi connectivity index (χ0v) is 32.8. The first-order valence-corrected chi connectivity index (χ1v) is 19.4. The van der Waals surface area contributed by atoms with E-state index >= 15 is 0 Å². The number of aliphatic hydroxyl groups excluding tert-OH is 2. The summed E-state index contributed by atoms with van der Waals surface area (Å²) in [5.41, 5.74) is 2.66. The number of allylic oxidation sites excluding steroid dienone is 1. The Hall–Kier alpha value is -4.70. The smallest absolute Gasteiger partial charge is 0.412 e.